The van der Waals surface area contributed by atoms with E-state index >= 15 is 0 Å². The third kappa shape index (κ3) is 5.64. The number of ether oxygens (including phenoxy) is 1. The highest BCUT2D eigenvalue weighted by atomic mass is 35.5. The molecule has 0 N–H and O–H groups in total. The molecule has 31 heavy (non-hydrogen) atoms. The fourth-order valence-corrected chi connectivity index (χ4v) is 6.66. The number of amides is 2. The molecule has 1 aromatic rings. The van der Waals surface area contributed by atoms with E-state index in [4.69, 9.17) is 16.3 Å². The molecular weight excluding hydrogens is 466 g/mol. The number of nitrogens with zero attached hydrogens (tertiary/aromatic N) is 3. The van der Waals surface area contributed by atoms with E-state index in [9.17, 15) is 22.8 Å². The van der Waals surface area contributed by atoms with Gasteiger partial charge in [0.2, 0.25) is 21.8 Å². The van der Waals surface area contributed by atoms with Crippen LogP contribution < -0.4 is 0 Å². The average Bonchev–Trinajstić information content (AvgIpc) is 3.35. The molecule has 2 aliphatic rings. The molecule has 1 aromatic heterocycles. The number of sulfonamides is 1. The first-order chi connectivity index (χ1) is 14.7. The molecule has 0 aliphatic carbocycles. The summed E-state index contributed by atoms with van der Waals surface area (Å²) in [5, 5.41) is 0. The molecule has 9 nitrogen and oxygen atoms in total. The van der Waals surface area contributed by atoms with Crippen LogP contribution in [-0.4, -0.2) is 97.9 Å². The Morgan fingerprint density at radius 2 is 2.06 bits per heavy atom. The van der Waals surface area contributed by atoms with Crippen molar-refractivity contribution in [2.24, 2.45) is 0 Å². The Morgan fingerprint density at radius 1 is 1.35 bits per heavy atom. The first-order valence-electron chi connectivity index (χ1n) is 10.1. The lowest BCUT2D eigenvalue weighted by Crippen LogP contribution is -2.53. The molecule has 2 aliphatic heterocycles. The molecule has 0 radical (unpaired) electrons. The maximum Gasteiger partial charge on any atom is 0.245 e. The number of halogens is 1. The van der Waals surface area contributed by atoms with Crippen LogP contribution >= 0.6 is 22.9 Å². The van der Waals surface area contributed by atoms with Crippen molar-refractivity contribution in [3.05, 3.63) is 21.3 Å². The minimum atomic E-state index is -3.87. The predicted octanol–water partition coefficient (Wildman–Crippen LogP) is 0.623. The van der Waals surface area contributed by atoms with Gasteiger partial charge in [-0.05, 0) is 31.9 Å². The molecule has 0 spiro atoms. The van der Waals surface area contributed by atoms with Gasteiger partial charge in [-0.2, -0.15) is 4.31 Å². The van der Waals surface area contributed by atoms with E-state index in [1.54, 1.807) is 24.0 Å². The van der Waals surface area contributed by atoms with E-state index in [-0.39, 0.29) is 31.0 Å². The Kier molecular flexibility index (Phi) is 8.08. The molecule has 172 valence electrons. The van der Waals surface area contributed by atoms with Crippen LogP contribution in [0.15, 0.2) is 12.1 Å². The van der Waals surface area contributed by atoms with Crippen LogP contribution in [0.3, 0.4) is 0 Å². The number of aldehydes is 1. The second kappa shape index (κ2) is 10.4. The van der Waals surface area contributed by atoms with Gasteiger partial charge in [0, 0.05) is 24.5 Å². The van der Waals surface area contributed by atoms with Gasteiger partial charge in [0.25, 0.3) is 0 Å². The largest absolute Gasteiger partial charge is 0.378 e. The molecule has 3 rings (SSSR count). The Labute approximate surface area is 190 Å². The fourth-order valence-electron chi connectivity index (χ4n) is 3.86. The third-order valence-corrected chi connectivity index (χ3v) is 8.68. The molecule has 2 saturated heterocycles. The van der Waals surface area contributed by atoms with Gasteiger partial charge in [-0.25, -0.2) is 8.42 Å². The summed E-state index contributed by atoms with van der Waals surface area (Å²) in [6, 6.07) is 1.77. The number of carbonyl (C=O) groups excluding carboxylic acids is 3. The first-order valence-corrected chi connectivity index (χ1v) is 12.9. The van der Waals surface area contributed by atoms with Gasteiger partial charge in [-0.15, -0.1) is 11.3 Å². The Bertz CT molecular complexity index is 915. The topological polar surface area (TPSA) is 104 Å². The molecule has 0 saturated carbocycles. The van der Waals surface area contributed by atoms with Gasteiger partial charge in [0.1, 0.15) is 18.4 Å². The number of carbonyl (C=O) groups is 3. The highest BCUT2D eigenvalue weighted by molar-refractivity contribution is 7.89. The van der Waals surface area contributed by atoms with Crippen molar-refractivity contribution >= 4 is 51.1 Å². The van der Waals surface area contributed by atoms with Gasteiger partial charge in [0.05, 0.1) is 29.8 Å². The second-order valence-corrected chi connectivity index (χ2v) is 11.3. The summed E-state index contributed by atoms with van der Waals surface area (Å²) >= 11 is 7.19. The highest BCUT2D eigenvalue weighted by Crippen LogP contribution is 2.25. The van der Waals surface area contributed by atoms with Crippen LogP contribution in [-0.2, 0) is 35.6 Å². The summed E-state index contributed by atoms with van der Waals surface area (Å²) < 4.78 is 32.7. The van der Waals surface area contributed by atoms with Gasteiger partial charge < -0.3 is 19.3 Å². The van der Waals surface area contributed by atoms with Crippen LogP contribution in [0, 0.1) is 0 Å². The summed E-state index contributed by atoms with van der Waals surface area (Å²) in [7, 11) is -3.87. The van der Waals surface area contributed by atoms with E-state index in [0.29, 0.717) is 36.9 Å². The van der Waals surface area contributed by atoms with Crippen LogP contribution in [0.1, 0.15) is 18.2 Å². The quantitative estimate of drug-likeness (QED) is 0.469. The normalized spacial score (nSPS) is 21.0. The van der Waals surface area contributed by atoms with E-state index in [1.807, 2.05) is 0 Å². The number of likely N-dealkylation sites (tertiary alicyclic amines) is 1. The van der Waals surface area contributed by atoms with Gasteiger partial charge >= 0.3 is 0 Å². The van der Waals surface area contributed by atoms with E-state index in [0.717, 1.165) is 9.18 Å². The first kappa shape index (κ1) is 24.1. The van der Waals surface area contributed by atoms with Crippen LogP contribution in [0.5, 0.6) is 0 Å². The van der Waals surface area contributed by atoms with Gasteiger partial charge in [-0.1, -0.05) is 11.6 Å². The van der Waals surface area contributed by atoms with Crippen molar-refractivity contribution in [2.45, 2.75) is 31.8 Å². The Balaban J connectivity index is 1.69. The summed E-state index contributed by atoms with van der Waals surface area (Å²) in [6.07, 6.45) is 0.959. The van der Waals surface area contributed by atoms with Crippen molar-refractivity contribution < 1.29 is 27.5 Å². The number of aryl methyl sites for hydroxylation is 1. The molecule has 0 bridgehead atoms. The number of thiophene rings is 1. The van der Waals surface area contributed by atoms with E-state index < -0.39 is 34.6 Å². The van der Waals surface area contributed by atoms with Crippen molar-refractivity contribution in [3.8, 4) is 0 Å². The van der Waals surface area contributed by atoms with Crippen LogP contribution in [0.4, 0.5) is 0 Å². The molecule has 0 aromatic carbocycles. The number of hydrogen-bond donors (Lipinski definition) is 0. The number of morpholine rings is 1. The average molecular weight is 492 g/mol. The summed E-state index contributed by atoms with van der Waals surface area (Å²) in [4.78, 5) is 40.9. The molecule has 2 fully saturated rings. The van der Waals surface area contributed by atoms with Gasteiger partial charge in [0.15, 0.2) is 0 Å². The zero-order valence-electron chi connectivity index (χ0n) is 17.2. The highest BCUT2D eigenvalue weighted by Gasteiger charge is 2.44. The monoisotopic (exact) mass is 491 g/mol. The van der Waals surface area contributed by atoms with Crippen molar-refractivity contribution in [1.82, 2.24) is 14.1 Å². The summed E-state index contributed by atoms with van der Waals surface area (Å²) in [5.41, 5.74) is 0. The minimum absolute atomic E-state index is 0.184. The summed E-state index contributed by atoms with van der Waals surface area (Å²) in [6.45, 7) is 3.35. The zero-order chi connectivity index (χ0) is 22.6. The zero-order valence-corrected chi connectivity index (χ0v) is 19.6. The maximum absolute atomic E-state index is 13.1. The molecule has 2 atom stereocenters. The van der Waals surface area contributed by atoms with Crippen molar-refractivity contribution in [2.75, 3.05) is 45.1 Å². The second-order valence-electron chi connectivity index (χ2n) is 7.46. The minimum Gasteiger partial charge on any atom is -0.378 e. The molecule has 1 unspecified atom stereocenters. The van der Waals surface area contributed by atoms with Gasteiger partial charge in [-0.3, -0.25) is 9.59 Å². The molecule has 3 heterocycles. The lowest BCUT2D eigenvalue weighted by molar-refractivity contribution is -0.146. The molecule has 12 heteroatoms. The van der Waals surface area contributed by atoms with Crippen molar-refractivity contribution in [1.29, 1.82) is 0 Å². The number of hydrogen-bond acceptors (Lipinski definition) is 7. The third-order valence-electron chi connectivity index (χ3n) is 5.55. The Morgan fingerprint density at radius 3 is 2.68 bits per heavy atom. The lowest BCUT2D eigenvalue weighted by Gasteiger charge is -2.33. The van der Waals surface area contributed by atoms with E-state index in [2.05, 4.69) is 0 Å². The summed E-state index contributed by atoms with van der Waals surface area (Å²) in [5.74, 6) is -0.862. The number of rotatable bonds is 9. The Hall–Kier alpha value is -1.53. The molecular formula is C19H26ClN3O6S2. The maximum atomic E-state index is 13.1. The molecule has 2 amide bonds. The smallest absolute Gasteiger partial charge is 0.245 e. The van der Waals surface area contributed by atoms with Crippen LogP contribution in [0.25, 0.3) is 0 Å². The van der Waals surface area contributed by atoms with Crippen LogP contribution in [0.2, 0.25) is 4.34 Å². The standard InChI is InChI=1S/C19H26ClN3O6S2/c1-14(18(25)21-8-11-29-12-9-21)22-6-4-16(19(22)26)23(7-10-24)31(27,28)13-5-15-2-3-17(20)30-15/h2-3,10,14,16H,4-9,11-13H2,1H3/t14-,16?/m0/s1. The van der Waals surface area contributed by atoms with Crippen molar-refractivity contribution in [3.63, 3.8) is 0 Å². The predicted molar refractivity (Wildman–Crippen MR) is 117 cm³/mol. The fraction of sp³-hybridized carbons (Fsp3) is 0.632. The van der Waals surface area contributed by atoms with E-state index in [1.165, 1.54) is 16.2 Å². The lowest BCUT2D eigenvalue weighted by atomic mass is 10.2. The SMILES string of the molecule is C[C@@H](C(=O)N1CCOCC1)N1CCC(N(CC=O)S(=O)(=O)CCc2ccc(Cl)s2)C1=O.